The Labute approximate surface area is 240 Å². The van der Waals surface area contributed by atoms with Gasteiger partial charge in [0, 0.05) is 29.7 Å². The average Bonchev–Trinajstić information content (AvgIpc) is 3.42. The number of likely N-dealkylation sites (tertiary alicyclic amines) is 1. The van der Waals surface area contributed by atoms with E-state index >= 15 is 0 Å². The summed E-state index contributed by atoms with van der Waals surface area (Å²) in [5, 5.41) is 3.23. The highest BCUT2D eigenvalue weighted by molar-refractivity contribution is 7.85. The van der Waals surface area contributed by atoms with Crippen molar-refractivity contribution in [2.75, 3.05) is 19.5 Å². The second-order valence-corrected chi connectivity index (χ2v) is 12.2. The SMILES string of the molecule is CS(=O)(=O)OCCOc1ccc2c(c1)c(CC(=O)N1[C@@H]3C[C@@H]3C[C@H]1C(=O)NCc1cccc(Cl)c1F)cn2C(N)=O. The molecule has 3 N–H and O–H groups in total. The highest BCUT2D eigenvalue weighted by Gasteiger charge is 2.55. The molecule has 3 amide bonds. The number of carbonyl (C=O) groups excluding carboxylic acids is 3. The molecule has 0 bridgehead atoms. The Balaban J connectivity index is 1.31. The zero-order valence-corrected chi connectivity index (χ0v) is 23.6. The molecular weight excluding hydrogens is 579 g/mol. The van der Waals surface area contributed by atoms with Crippen molar-refractivity contribution in [1.29, 1.82) is 0 Å². The van der Waals surface area contributed by atoms with Gasteiger partial charge in [0.15, 0.2) is 0 Å². The molecule has 5 rings (SSSR count). The fraction of sp³-hybridized carbons (Fsp3) is 0.370. The Morgan fingerprint density at radius 3 is 2.66 bits per heavy atom. The molecule has 0 spiro atoms. The molecule has 2 heterocycles. The largest absolute Gasteiger partial charge is 0.491 e. The van der Waals surface area contributed by atoms with Crippen LogP contribution in [0.1, 0.15) is 24.0 Å². The maximum atomic E-state index is 14.3. The second kappa shape index (κ2) is 11.3. The standard InChI is InChI=1S/C27H28ClFN4O7S/c1-41(37,38)40-8-7-39-18-5-6-21-19(12-18)17(14-32(21)27(30)36)11-24(34)33-22-9-16(22)10-23(33)26(35)31-13-15-3-2-4-20(28)25(15)29/h2-6,12,14,16,22-23H,7-11,13H2,1H3,(H2,30,36)(H,31,35)/t16-,22-,23+/m1/s1. The summed E-state index contributed by atoms with van der Waals surface area (Å²) in [5.74, 6) is -0.677. The topological polar surface area (TPSA) is 150 Å². The number of fused-ring (bicyclic) bond motifs is 2. The molecule has 41 heavy (non-hydrogen) atoms. The van der Waals surface area contributed by atoms with Crippen molar-refractivity contribution in [2.24, 2.45) is 11.7 Å². The van der Waals surface area contributed by atoms with Gasteiger partial charge in [0.2, 0.25) is 11.8 Å². The van der Waals surface area contributed by atoms with Gasteiger partial charge in [-0.25, -0.2) is 9.18 Å². The van der Waals surface area contributed by atoms with Gasteiger partial charge < -0.3 is 20.7 Å². The van der Waals surface area contributed by atoms with Gasteiger partial charge in [0.05, 0.1) is 23.2 Å². The van der Waals surface area contributed by atoms with Crippen molar-refractivity contribution in [2.45, 2.75) is 37.9 Å². The fourth-order valence-corrected chi connectivity index (χ4v) is 5.89. The first-order valence-corrected chi connectivity index (χ1v) is 15.0. The summed E-state index contributed by atoms with van der Waals surface area (Å²) in [6.45, 7) is -0.297. The van der Waals surface area contributed by atoms with Crippen LogP contribution in [0.25, 0.3) is 10.9 Å². The first-order chi connectivity index (χ1) is 19.4. The van der Waals surface area contributed by atoms with Gasteiger partial charge in [0.25, 0.3) is 10.1 Å². The minimum absolute atomic E-state index is 0.0402. The quantitative estimate of drug-likeness (QED) is 0.266. The van der Waals surface area contributed by atoms with E-state index in [1.165, 1.54) is 22.9 Å². The number of nitrogens with zero attached hydrogens (tertiary/aromatic N) is 2. The number of nitrogens with one attached hydrogen (secondary N) is 1. The molecule has 0 unspecified atom stereocenters. The highest BCUT2D eigenvalue weighted by Crippen LogP contribution is 2.48. The molecule has 1 aliphatic carbocycles. The van der Waals surface area contributed by atoms with Crippen molar-refractivity contribution >= 4 is 50.5 Å². The number of ether oxygens (including phenoxy) is 1. The van der Waals surface area contributed by atoms with Crippen LogP contribution >= 0.6 is 11.6 Å². The Morgan fingerprint density at radius 2 is 1.93 bits per heavy atom. The Kier molecular flexibility index (Phi) is 7.95. The Hall–Kier alpha value is -3.68. The molecule has 1 saturated carbocycles. The van der Waals surface area contributed by atoms with Crippen LogP contribution in [0.2, 0.25) is 5.02 Å². The van der Waals surface area contributed by atoms with E-state index in [4.69, 9.17) is 22.1 Å². The van der Waals surface area contributed by atoms with E-state index in [1.807, 2.05) is 0 Å². The van der Waals surface area contributed by atoms with Gasteiger partial charge in [0.1, 0.15) is 30.8 Å². The molecule has 14 heteroatoms. The van der Waals surface area contributed by atoms with Crippen LogP contribution in [-0.2, 0) is 36.9 Å². The lowest BCUT2D eigenvalue weighted by Gasteiger charge is -2.27. The molecule has 218 valence electrons. The molecular formula is C27H28ClFN4O7S. The fourth-order valence-electron chi connectivity index (χ4n) is 5.32. The van der Waals surface area contributed by atoms with Gasteiger partial charge in [-0.15, -0.1) is 0 Å². The van der Waals surface area contributed by atoms with Crippen LogP contribution in [0.5, 0.6) is 5.75 Å². The number of primary amides is 1. The molecule has 2 aromatic carbocycles. The summed E-state index contributed by atoms with van der Waals surface area (Å²) in [5.41, 5.74) is 6.76. The van der Waals surface area contributed by atoms with Gasteiger partial charge in [-0.3, -0.25) is 18.3 Å². The monoisotopic (exact) mass is 606 g/mol. The summed E-state index contributed by atoms with van der Waals surface area (Å²) in [7, 11) is -3.61. The summed E-state index contributed by atoms with van der Waals surface area (Å²) < 4.78 is 48.1. The van der Waals surface area contributed by atoms with Crippen molar-refractivity contribution in [3.63, 3.8) is 0 Å². The molecule has 1 saturated heterocycles. The minimum atomic E-state index is -3.61. The minimum Gasteiger partial charge on any atom is -0.491 e. The van der Waals surface area contributed by atoms with Crippen molar-refractivity contribution in [3.05, 3.63) is 64.6 Å². The number of rotatable bonds is 10. The molecule has 0 radical (unpaired) electrons. The van der Waals surface area contributed by atoms with E-state index in [-0.39, 0.29) is 60.5 Å². The summed E-state index contributed by atoms with van der Waals surface area (Å²) >= 11 is 5.84. The number of amides is 3. The van der Waals surface area contributed by atoms with Crippen LogP contribution < -0.4 is 15.8 Å². The van der Waals surface area contributed by atoms with Gasteiger partial charge in [-0.1, -0.05) is 23.7 Å². The number of halogens is 2. The van der Waals surface area contributed by atoms with Gasteiger partial charge >= 0.3 is 6.03 Å². The summed E-state index contributed by atoms with van der Waals surface area (Å²) in [4.78, 5) is 40.4. The lowest BCUT2D eigenvalue weighted by Crippen LogP contribution is -2.48. The van der Waals surface area contributed by atoms with Crippen LogP contribution in [0.3, 0.4) is 0 Å². The number of piperidine rings is 1. The zero-order chi connectivity index (χ0) is 29.5. The van der Waals surface area contributed by atoms with E-state index in [0.29, 0.717) is 28.6 Å². The van der Waals surface area contributed by atoms with E-state index in [9.17, 15) is 27.2 Å². The predicted octanol–water partition coefficient (Wildman–Crippen LogP) is 2.56. The Morgan fingerprint density at radius 1 is 1.15 bits per heavy atom. The number of carbonyl (C=O) groups is 3. The van der Waals surface area contributed by atoms with Crippen LogP contribution in [-0.4, -0.2) is 67.3 Å². The molecule has 2 fully saturated rings. The summed E-state index contributed by atoms with van der Waals surface area (Å²) in [6.07, 6.45) is 3.63. The van der Waals surface area contributed by atoms with Crippen LogP contribution in [0, 0.1) is 11.7 Å². The zero-order valence-electron chi connectivity index (χ0n) is 22.0. The van der Waals surface area contributed by atoms with Crippen molar-refractivity contribution in [3.8, 4) is 5.75 Å². The molecule has 3 aromatic rings. The average molecular weight is 607 g/mol. The molecule has 11 nitrogen and oxygen atoms in total. The van der Waals surface area contributed by atoms with Crippen molar-refractivity contribution in [1.82, 2.24) is 14.8 Å². The van der Waals surface area contributed by atoms with E-state index < -0.39 is 28.0 Å². The first-order valence-electron chi connectivity index (χ1n) is 12.9. The third kappa shape index (κ3) is 6.31. The first kappa shape index (κ1) is 28.8. The number of aromatic nitrogens is 1. The predicted molar refractivity (Wildman–Crippen MR) is 147 cm³/mol. The van der Waals surface area contributed by atoms with Gasteiger partial charge in [-0.2, -0.15) is 8.42 Å². The van der Waals surface area contributed by atoms with Crippen LogP contribution in [0.15, 0.2) is 42.6 Å². The van der Waals surface area contributed by atoms with Gasteiger partial charge in [-0.05, 0) is 48.6 Å². The van der Waals surface area contributed by atoms with E-state index in [2.05, 4.69) is 9.50 Å². The lowest BCUT2D eigenvalue weighted by atomic mass is 10.1. The summed E-state index contributed by atoms with van der Waals surface area (Å²) in [6, 6.07) is 7.88. The molecule has 1 aliphatic heterocycles. The smallest absolute Gasteiger partial charge is 0.323 e. The maximum absolute atomic E-state index is 14.3. The van der Waals surface area contributed by atoms with E-state index in [1.54, 1.807) is 29.2 Å². The normalized spacial score (nSPS) is 19.7. The highest BCUT2D eigenvalue weighted by atomic mass is 35.5. The number of hydrogen-bond acceptors (Lipinski definition) is 7. The van der Waals surface area contributed by atoms with E-state index in [0.717, 1.165) is 12.7 Å². The Bertz CT molecular complexity index is 1640. The van der Waals surface area contributed by atoms with Crippen molar-refractivity contribution < 1.29 is 36.1 Å². The molecule has 2 aliphatic rings. The third-order valence-electron chi connectivity index (χ3n) is 7.27. The maximum Gasteiger partial charge on any atom is 0.323 e. The van der Waals surface area contributed by atoms with Crippen LogP contribution in [0.4, 0.5) is 9.18 Å². The number of hydrogen-bond donors (Lipinski definition) is 2. The number of benzene rings is 2. The molecule has 1 aromatic heterocycles. The molecule has 3 atom stereocenters. The number of nitrogens with two attached hydrogens (primary N) is 1. The third-order valence-corrected chi connectivity index (χ3v) is 8.15. The second-order valence-electron chi connectivity index (χ2n) is 10.1. The lowest BCUT2D eigenvalue weighted by molar-refractivity contribution is -0.139.